The molecular formula is C28H29N3O4. The summed E-state index contributed by atoms with van der Waals surface area (Å²) < 4.78 is 8.19. The number of hydrogen-bond acceptors (Lipinski definition) is 4. The molecule has 0 saturated carbocycles. The monoisotopic (exact) mass is 471 g/mol. The molecule has 35 heavy (non-hydrogen) atoms. The molecule has 1 atom stereocenters. The molecule has 7 nitrogen and oxygen atoms in total. The number of aromatic nitrogens is 2. The maximum absolute atomic E-state index is 12.2. The Labute approximate surface area is 204 Å². The molecule has 1 heterocycles. The van der Waals surface area contributed by atoms with Gasteiger partial charge in [0, 0.05) is 23.7 Å². The van der Waals surface area contributed by atoms with Crippen molar-refractivity contribution in [1.82, 2.24) is 15.1 Å². The summed E-state index contributed by atoms with van der Waals surface area (Å²) in [5.41, 5.74) is 4.58. The zero-order valence-corrected chi connectivity index (χ0v) is 19.9. The van der Waals surface area contributed by atoms with Crippen LogP contribution in [-0.2, 0) is 4.79 Å². The normalized spacial score (nSPS) is 11.8. The van der Waals surface area contributed by atoms with E-state index in [1.807, 2.05) is 59.4 Å². The minimum atomic E-state index is -0.943. The molecule has 4 rings (SSSR count). The molecule has 3 aromatic carbocycles. The van der Waals surface area contributed by atoms with Gasteiger partial charge in [0.25, 0.3) is 5.91 Å². The zero-order valence-electron chi connectivity index (χ0n) is 19.9. The maximum Gasteiger partial charge on any atom is 0.305 e. The molecule has 0 aliphatic rings. The van der Waals surface area contributed by atoms with Crippen molar-refractivity contribution in [2.24, 2.45) is 0 Å². The van der Waals surface area contributed by atoms with E-state index in [1.54, 1.807) is 12.1 Å². The molecule has 0 saturated heterocycles. The molecule has 0 fully saturated rings. The number of amides is 1. The first kappa shape index (κ1) is 24.0. The van der Waals surface area contributed by atoms with E-state index >= 15 is 0 Å². The van der Waals surface area contributed by atoms with Crippen molar-refractivity contribution in [3.8, 4) is 11.4 Å². The molecule has 0 aliphatic heterocycles. The molecule has 4 aromatic rings. The van der Waals surface area contributed by atoms with Crippen LogP contribution < -0.4 is 10.1 Å². The van der Waals surface area contributed by atoms with E-state index in [-0.39, 0.29) is 25.0 Å². The van der Waals surface area contributed by atoms with E-state index in [9.17, 15) is 9.59 Å². The third-order valence-electron chi connectivity index (χ3n) is 5.87. The second kappa shape index (κ2) is 10.9. The number of carboxylic acids is 1. The third-order valence-corrected chi connectivity index (χ3v) is 5.87. The van der Waals surface area contributed by atoms with E-state index in [2.05, 4.69) is 30.3 Å². The van der Waals surface area contributed by atoms with Crippen LogP contribution >= 0.6 is 0 Å². The van der Waals surface area contributed by atoms with Crippen LogP contribution in [0.4, 0.5) is 0 Å². The quantitative estimate of drug-likeness (QED) is 0.320. The highest BCUT2D eigenvalue weighted by atomic mass is 16.5. The summed E-state index contributed by atoms with van der Waals surface area (Å²) in [5.74, 6) is -0.472. The van der Waals surface area contributed by atoms with Crippen molar-refractivity contribution in [1.29, 1.82) is 0 Å². The first-order chi connectivity index (χ1) is 16.9. The molecule has 180 valence electrons. The van der Waals surface area contributed by atoms with Crippen LogP contribution in [0.3, 0.4) is 0 Å². The Morgan fingerprint density at radius 3 is 2.46 bits per heavy atom. The number of aryl methyl sites for hydroxylation is 1. The van der Waals surface area contributed by atoms with Gasteiger partial charge in [-0.05, 0) is 66.9 Å². The minimum Gasteiger partial charge on any atom is -0.486 e. The van der Waals surface area contributed by atoms with Gasteiger partial charge >= 0.3 is 5.97 Å². The number of rotatable bonds is 10. The average Bonchev–Trinajstić information content (AvgIpc) is 3.30. The van der Waals surface area contributed by atoms with Gasteiger partial charge in [0.1, 0.15) is 11.9 Å². The summed E-state index contributed by atoms with van der Waals surface area (Å²) >= 11 is 0. The molecule has 0 spiro atoms. The molecular weight excluding hydrogens is 442 g/mol. The van der Waals surface area contributed by atoms with Crippen molar-refractivity contribution in [3.05, 3.63) is 89.6 Å². The van der Waals surface area contributed by atoms with Crippen molar-refractivity contribution >= 4 is 22.8 Å². The van der Waals surface area contributed by atoms with Crippen molar-refractivity contribution < 1.29 is 19.4 Å². The van der Waals surface area contributed by atoms with E-state index in [1.165, 1.54) is 5.56 Å². The molecule has 1 aromatic heterocycles. The van der Waals surface area contributed by atoms with Crippen LogP contribution in [0.5, 0.6) is 5.75 Å². The fourth-order valence-electron chi connectivity index (χ4n) is 3.95. The van der Waals surface area contributed by atoms with Crippen LogP contribution in [0.2, 0.25) is 0 Å². The Kier molecular flexibility index (Phi) is 7.45. The highest BCUT2D eigenvalue weighted by molar-refractivity contribution is 5.94. The largest absolute Gasteiger partial charge is 0.486 e. The summed E-state index contributed by atoms with van der Waals surface area (Å²) in [6.45, 7) is 4.29. The van der Waals surface area contributed by atoms with Gasteiger partial charge in [0.2, 0.25) is 0 Å². The molecule has 1 amide bonds. The number of hydrogen-bond donors (Lipinski definition) is 2. The van der Waals surface area contributed by atoms with Gasteiger partial charge in [0.15, 0.2) is 0 Å². The van der Waals surface area contributed by atoms with Gasteiger partial charge < -0.3 is 15.2 Å². The lowest BCUT2D eigenvalue weighted by Crippen LogP contribution is -2.26. The summed E-state index contributed by atoms with van der Waals surface area (Å²) in [6.07, 6.45) is 3.56. The van der Waals surface area contributed by atoms with Crippen LogP contribution in [0.25, 0.3) is 16.6 Å². The summed E-state index contributed by atoms with van der Waals surface area (Å²) in [6, 6.07) is 21.2. The lowest BCUT2D eigenvalue weighted by Gasteiger charge is -2.19. The van der Waals surface area contributed by atoms with Gasteiger partial charge in [0.05, 0.1) is 17.6 Å². The predicted molar refractivity (Wildman–Crippen MR) is 135 cm³/mol. The Hall–Kier alpha value is -4.13. The number of aliphatic carboxylic acids is 1. The summed E-state index contributed by atoms with van der Waals surface area (Å²) in [7, 11) is 0. The maximum atomic E-state index is 12.2. The van der Waals surface area contributed by atoms with Crippen molar-refractivity contribution in [2.45, 2.75) is 39.2 Å². The third kappa shape index (κ3) is 5.87. The Bertz CT molecular complexity index is 1310. The fourth-order valence-corrected chi connectivity index (χ4v) is 3.95. The molecule has 1 unspecified atom stereocenters. The topological polar surface area (TPSA) is 93.5 Å². The standard InChI is InChI=1S/C28H29N3O4/c1-3-5-26(20-8-10-21(11-9-20)28(34)29-17-16-27(32)33)35-23-14-12-22(13-15-23)31-18-24-19(2)6-4-7-25(24)30-31/h4,6-15,18,26H,3,5,16-17H2,1-2H3,(H,29,34)(H,32,33). The van der Waals surface area contributed by atoms with Gasteiger partial charge in [-0.2, -0.15) is 5.10 Å². The van der Waals surface area contributed by atoms with E-state index in [4.69, 9.17) is 9.84 Å². The van der Waals surface area contributed by atoms with Gasteiger partial charge in [-0.1, -0.05) is 37.6 Å². The molecule has 7 heteroatoms. The number of benzene rings is 3. The summed E-state index contributed by atoms with van der Waals surface area (Å²) in [5, 5.41) is 17.1. The van der Waals surface area contributed by atoms with Crippen LogP contribution in [0.1, 0.15) is 53.8 Å². The van der Waals surface area contributed by atoms with E-state index < -0.39 is 5.97 Å². The average molecular weight is 472 g/mol. The first-order valence-electron chi connectivity index (χ1n) is 11.8. The highest BCUT2D eigenvalue weighted by Crippen LogP contribution is 2.27. The van der Waals surface area contributed by atoms with Gasteiger partial charge in [-0.25, -0.2) is 4.68 Å². The molecule has 0 radical (unpaired) electrons. The first-order valence-corrected chi connectivity index (χ1v) is 11.8. The van der Waals surface area contributed by atoms with Crippen LogP contribution in [-0.4, -0.2) is 33.3 Å². The lowest BCUT2D eigenvalue weighted by atomic mass is 10.0. The van der Waals surface area contributed by atoms with Crippen LogP contribution in [0, 0.1) is 6.92 Å². The fraction of sp³-hybridized carbons (Fsp3) is 0.250. The number of carboxylic acid groups (broad SMARTS) is 1. The zero-order chi connectivity index (χ0) is 24.8. The minimum absolute atomic E-state index is 0.0989. The molecule has 0 bridgehead atoms. The van der Waals surface area contributed by atoms with Gasteiger partial charge in [-0.3, -0.25) is 9.59 Å². The second-order valence-corrected chi connectivity index (χ2v) is 8.49. The Balaban J connectivity index is 1.44. The van der Waals surface area contributed by atoms with E-state index in [0.717, 1.165) is 40.7 Å². The van der Waals surface area contributed by atoms with Gasteiger partial charge in [-0.15, -0.1) is 0 Å². The van der Waals surface area contributed by atoms with Crippen LogP contribution in [0.15, 0.2) is 72.9 Å². The summed E-state index contributed by atoms with van der Waals surface area (Å²) in [4.78, 5) is 22.8. The lowest BCUT2D eigenvalue weighted by molar-refractivity contribution is -0.136. The predicted octanol–water partition coefficient (Wildman–Crippen LogP) is 5.46. The van der Waals surface area contributed by atoms with Crippen molar-refractivity contribution in [3.63, 3.8) is 0 Å². The number of carbonyl (C=O) groups excluding carboxylic acids is 1. The Morgan fingerprint density at radius 1 is 1.06 bits per heavy atom. The van der Waals surface area contributed by atoms with Crippen molar-refractivity contribution in [2.75, 3.05) is 6.54 Å². The number of carbonyl (C=O) groups is 2. The second-order valence-electron chi connectivity index (χ2n) is 8.49. The highest BCUT2D eigenvalue weighted by Gasteiger charge is 2.15. The number of nitrogens with zero attached hydrogens (tertiary/aromatic N) is 2. The number of ether oxygens (including phenoxy) is 1. The number of fused-ring (bicyclic) bond motifs is 1. The van der Waals surface area contributed by atoms with E-state index in [0.29, 0.717) is 5.56 Å². The molecule has 2 N–H and O–H groups in total. The SMILES string of the molecule is CCCC(Oc1ccc(-n2cc3c(C)cccc3n2)cc1)c1ccc(C(=O)NCCC(=O)O)cc1. The Morgan fingerprint density at radius 2 is 1.80 bits per heavy atom. The molecule has 0 aliphatic carbocycles. The number of nitrogens with one attached hydrogen (secondary N) is 1. The smallest absolute Gasteiger partial charge is 0.305 e.